The minimum Gasteiger partial charge on any atom is -0.493 e. The predicted octanol–water partition coefficient (Wildman–Crippen LogP) is 3.18. The molecule has 20 heavy (non-hydrogen) atoms. The molecule has 0 aliphatic heterocycles. The predicted molar refractivity (Wildman–Crippen MR) is 71.4 cm³/mol. The van der Waals surface area contributed by atoms with E-state index in [-0.39, 0.29) is 12.6 Å². The van der Waals surface area contributed by atoms with Gasteiger partial charge in [-0.1, -0.05) is 6.07 Å². The van der Waals surface area contributed by atoms with Gasteiger partial charge in [-0.2, -0.15) is 13.2 Å². The number of nitrogens with one attached hydrogen (secondary N) is 1. The van der Waals surface area contributed by atoms with Gasteiger partial charge in [-0.05, 0) is 31.0 Å². The highest BCUT2D eigenvalue weighted by Gasteiger charge is 2.26. The van der Waals surface area contributed by atoms with E-state index in [0.29, 0.717) is 17.9 Å². The first kappa shape index (κ1) is 16.6. The average molecular weight is 291 g/mol. The molecule has 1 unspecified atom stereocenters. The Bertz CT molecular complexity index is 421. The molecule has 6 heteroatoms. The van der Waals surface area contributed by atoms with Gasteiger partial charge in [-0.15, -0.1) is 0 Å². The summed E-state index contributed by atoms with van der Waals surface area (Å²) < 4.78 is 46.5. The fraction of sp³-hybridized carbons (Fsp3) is 0.571. The van der Waals surface area contributed by atoms with Crippen molar-refractivity contribution >= 4 is 0 Å². The van der Waals surface area contributed by atoms with Crippen LogP contribution in [0.2, 0.25) is 0 Å². The van der Waals surface area contributed by atoms with E-state index in [4.69, 9.17) is 9.47 Å². The van der Waals surface area contributed by atoms with Gasteiger partial charge < -0.3 is 14.8 Å². The fourth-order valence-corrected chi connectivity index (χ4v) is 1.89. The highest BCUT2D eigenvalue weighted by molar-refractivity contribution is 5.43. The van der Waals surface area contributed by atoms with Crippen LogP contribution in [0.5, 0.6) is 11.5 Å². The van der Waals surface area contributed by atoms with Crippen molar-refractivity contribution in [2.75, 3.05) is 20.8 Å². The lowest BCUT2D eigenvalue weighted by molar-refractivity contribution is -0.133. The summed E-state index contributed by atoms with van der Waals surface area (Å²) in [5.74, 6) is 1.25. The first-order valence-corrected chi connectivity index (χ1v) is 6.36. The summed E-state index contributed by atoms with van der Waals surface area (Å²) in [6, 6.07) is 5.45. The van der Waals surface area contributed by atoms with Crippen molar-refractivity contribution in [2.24, 2.45) is 0 Å². The van der Waals surface area contributed by atoms with Gasteiger partial charge in [0.1, 0.15) is 0 Å². The largest absolute Gasteiger partial charge is 0.493 e. The Kier molecular flexibility index (Phi) is 6.13. The molecule has 0 saturated carbocycles. The molecule has 0 bridgehead atoms. The first-order chi connectivity index (χ1) is 9.35. The van der Waals surface area contributed by atoms with Crippen molar-refractivity contribution in [1.29, 1.82) is 0 Å². The molecule has 0 fully saturated rings. The van der Waals surface area contributed by atoms with Crippen LogP contribution in [-0.4, -0.2) is 33.0 Å². The second kappa shape index (κ2) is 7.38. The lowest BCUT2D eigenvalue weighted by atomic mass is 10.1. The third-order valence-electron chi connectivity index (χ3n) is 2.89. The van der Waals surface area contributed by atoms with E-state index in [1.54, 1.807) is 20.3 Å². The van der Waals surface area contributed by atoms with E-state index in [1.807, 2.05) is 19.1 Å². The van der Waals surface area contributed by atoms with Crippen LogP contribution in [0.25, 0.3) is 0 Å². The minimum absolute atomic E-state index is 0.0459. The van der Waals surface area contributed by atoms with Crippen molar-refractivity contribution in [3.63, 3.8) is 0 Å². The van der Waals surface area contributed by atoms with Crippen LogP contribution in [-0.2, 0) is 6.42 Å². The maximum atomic E-state index is 12.0. The number of methoxy groups -OCH3 is 2. The Morgan fingerprint density at radius 3 is 2.35 bits per heavy atom. The zero-order valence-electron chi connectivity index (χ0n) is 11.9. The summed E-state index contributed by atoms with van der Waals surface area (Å²) in [5.41, 5.74) is 0.981. The Balaban J connectivity index is 2.51. The highest BCUT2D eigenvalue weighted by atomic mass is 19.4. The zero-order chi connectivity index (χ0) is 15.2. The van der Waals surface area contributed by atoms with Crippen molar-refractivity contribution in [3.05, 3.63) is 23.8 Å². The van der Waals surface area contributed by atoms with Gasteiger partial charge in [0.2, 0.25) is 0 Å². The van der Waals surface area contributed by atoms with E-state index in [0.717, 1.165) is 5.56 Å². The van der Waals surface area contributed by atoms with E-state index in [1.165, 1.54) is 0 Å². The summed E-state index contributed by atoms with van der Waals surface area (Å²) >= 11 is 0. The van der Waals surface area contributed by atoms with Crippen LogP contribution in [0.4, 0.5) is 13.2 Å². The fourth-order valence-electron chi connectivity index (χ4n) is 1.89. The van der Waals surface area contributed by atoms with Crippen molar-refractivity contribution < 1.29 is 22.6 Å². The number of hydrogen-bond donors (Lipinski definition) is 1. The average Bonchev–Trinajstić information content (AvgIpc) is 2.37. The second-order valence-electron chi connectivity index (χ2n) is 4.61. The zero-order valence-corrected chi connectivity index (χ0v) is 11.9. The standard InChI is InChI=1S/C14H20F3NO2/c1-10(18-7-6-14(15,16)17)8-11-4-5-12(19-2)13(9-11)20-3/h4-5,9-10,18H,6-8H2,1-3H3. The molecule has 0 aromatic heterocycles. The Morgan fingerprint density at radius 1 is 1.15 bits per heavy atom. The lowest BCUT2D eigenvalue weighted by Crippen LogP contribution is -2.31. The molecule has 1 rings (SSSR count). The van der Waals surface area contributed by atoms with E-state index in [2.05, 4.69) is 5.32 Å². The third-order valence-corrected chi connectivity index (χ3v) is 2.89. The Labute approximate surface area is 117 Å². The van der Waals surface area contributed by atoms with Gasteiger partial charge in [0.15, 0.2) is 11.5 Å². The molecular formula is C14H20F3NO2. The number of benzene rings is 1. The summed E-state index contributed by atoms with van der Waals surface area (Å²) in [4.78, 5) is 0. The van der Waals surface area contributed by atoms with Crippen LogP contribution in [0.1, 0.15) is 18.9 Å². The SMILES string of the molecule is COc1ccc(CC(C)NCCC(F)(F)F)cc1OC. The molecule has 0 aliphatic carbocycles. The van der Waals surface area contributed by atoms with Crippen molar-refractivity contribution in [3.8, 4) is 11.5 Å². The van der Waals surface area contributed by atoms with E-state index >= 15 is 0 Å². The number of rotatable bonds is 7. The van der Waals surface area contributed by atoms with Crippen LogP contribution >= 0.6 is 0 Å². The molecule has 0 radical (unpaired) electrons. The molecule has 0 spiro atoms. The summed E-state index contributed by atoms with van der Waals surface area (Å²) in [6.07, 6.45) is -4.31. The molecular weight excluding hydrogens is 271 g/mol. The summed E-state index contributed by atoms with van der Waals surface area (Å²) in [6.45, 7) is 1.78. The third kappa shape index (κ3) is 5.69. The summed E-state index contributed by atoms with van der Waals surface area (Å²) in [7, 11) is 3.10. The Morgan fingerprint density at radius 2 is 1.80 bits per heavy atom. The molecule has 1 aromatic carbocycles. The number of alkyl halides is 3. The van der Waals surface area contributed by atoms with Crippen LogP contribution in [0.3, 0.4) is 0 Å². The molecule has 0 aliphatic rings. The minimum atomic E-state index is -4.12. The van der Waals surface area contributed by atoms with E-state index in [9.17, 15) is 13.2 Å². The van der Waals surface area contributed by atoms with Crippen LogP contribution in [0, 0.1) is 0 Å². The monoisotopic (exact) mass is 291 g/mol. The van der Waals surface area contributed by atoms with Gasteiger partial charge in [0, 0.05) is 12.6 Å². The van der Waals surface area contributed by atoms with Gasteiger partial charge in [-0.3, -0.25) is 0 Å². The first-order valence-electron chi connectivity index (χ1n) is 6.36. The Hall–Kier alpha value is -1.43. The quantitative estimate of drug-likeness (QED) is 0.837. The molecule has 114 valence electrons. The number of hydrogen-bond acceptors (Lipinski definition) is 3. The normalized spacial score (nSPS) is 13.1. The van der Waals surface area contributed by atoms with Gasteiger partial charge in [0.05, 0.1) is 20.6 Å². The number of halogens is 3. The molecule has 1 N–H and O–H groups in total. The smallest absolute Gasteiger partial charge is 0.390 e. The molecule has 0 saturated heterocycles. The van der Waals surface area contributed by atoms with Crippen molar-refractivity contribution in [2.45, 2.75) is 32.0 Å². The van der Waals surface area contributed by atoms with Gasteiger partial charge in [0.25, 0.3) is 0 Å². The van der Waals surface area contributed by atoms with Crippen molar-refractivity contribution in [1.82, 2.24) is 5.32 Å². The van der Waals surface area contributed by atoms with E-state index < -0.39 is 12.6 Å². The topological polar surface area (TPSA) is 30.5 Å². The second-order valence-corrected chi connectivity index (χ2v) is 4.61. The van der Waals surface area contributed by atoms with Gasteiger partial charge in [-0.25, -0.2) is 0 Å². The maximum Gasteiger partial charge on any atom is 0.390 e. The molecule has 0 amide bonds. The van der Waals surface area contributed by atoms with Gasteiger partial charge >= 0.3 is 6.18 Å². The van der Waals surface area contributed by atoms with Crippen LogP contribution < -0.4 is 14.8 Å². The molecule has 1 atom stereocenters. The molecule has 0 heterocycles. The molecule has 3 nitrogen and oxygen atoms in total. The summed E-state index contributed by atoms with van der Waals surface area (Å²) in [5, 5.41) is 2.86. The number of ether oxygens (including phenoxy) is 2. The highest BCUT2D eigenvalue weighted by Crippen LogP contribution is 2.28. The van der Waals surface area contributed by atoms with Crippen LogP contribution in [0.15, 0.2) is 18.2 Å². The molecule has 1 aromatic rings. The maximum absolute atomic E-state index is 12.0. The lowest BCUT2D eigenvalue weighted by Gasteiger charge is -2.16.